The van der Waals surface area contributed by atoms with Crippen LogP contribution in [0.15, 0.2) is 24.3 Å². The number of aliphatic hydroxyl groups is 1. The van der Waals surface area contributed by atoms with Crippen molar-refractivity contribution in [1.29, 1.82) is 0 Å². The van der Waals surface area contributed by atoms with E-state index >= 15 is 0 Å². The van der Waals surface area contributed by atoms with Crippen molar-refractivity contribution < 1.29 is 5.11 Å². The first-order valence-corrected chi connectivity index (χ1v) is 7.31. The molecule has 3 rings (SSSR count). The minimum atomic E-state index is -0.177. The number of benzene rings is 1. The lowest BCUT2D eigenvalue weighted by atomic mass is 9.76. The van der Waals surface area contributed by atoms with Gasteiger partial charge in [0.05, 0.1) is 12.1 Å². The van der Waals surface area contributed by atoms with Crippen molar-refractivity contribution in [2.45, 2.75) is 56.5 Å². The molecule has 1 aromatic rings. The van der Waals surface area contributed by atoms with Gasteiger partial charge in [-0.05, 0) is 43.2 Å². The molecule has 1 aromatic carbocycles. The van der Waals surface area contributed by atoms with Crippen LogP contribution in [0.3, 0.4) is 0 Å². The Hall–Kier alpha value is -0.860. The zero-order chi connectivity index (χ0) is 12.4. The maximum absolute atomic E-state index is 9.99. The van der Waals surface area contributed by atoms with Gasteiger partial charge in [-0.15, -0.1) is 0 Å². The highest BCUT2D eigenvalue weighted by Gasteiger charge is 2.37. The summed E-state index contributed by atoms with van der Waals surface area (Å²) in [6.45, 7) is 0.223. The second-order valence-corrected chi connectivity index (χ2v) is 5.88. The minimum absolute atomic E-state index is 0.177. The molecule has 18 heavy (non-hydrogen) atoms. The summed E-state index contributed by atoms with van der Waals surface area (Å²) in [5.74, 6) is 0. The SMILES string of the molecule is OCC1(NC2CCCC2)CCCc2ccccc21. The van der Waals surface area contributed by atoms with E-state index in [9.17, 15) is 5.11 Å². The monoisotopic (exact) mass is 245 g/mol. The van der Waals surface area contributed by atoms with E-state index in [1.807, 2.05) is 0 Å². The van der Waals surface area contributed by atoms with Gasteiger partial charge < -0.3 is 10.4 Å². The summed E-state index contributed by atoms with van der Waals surface area (Å²) >= 11 is 0. The molecule has 0 spiro atoms. The lowest BCUT2D eigenvalue weighted by Crippen LogP contribution is -2.51. The maximum atomic E-state index is 9.99. The molecule has 2 nitrogen and oxygen atoms in total. The van der Waals surface area contributed by atoms with E-state index in [0.717, 1.165) is 12.8 Å². The highest BCUT2D eigenvalue weighted by atomic mass is 16.3. The molecule has 98 valence electrons. The molecule has 1 fully saturated rings. The molecule has 1 unspecified atom stereocenters. The van der Waals surface area contributed by atoms with Crippen molar-refractivity contribution in [3.8, 4) is 0 Å². The summed E-state index contributed by atoms with van der Waals surface area (Å²) in [5, 5.41) is 13.8. The number of hydrogen-bond acceptors (Lipinski definition) is 2. The van der Waals surface area contributed by atoms with Gasteiger partial charge in [0.2, 0.25) is 0 Å². The smallest absolute Gasteiger partial charge is 0.0674 e. The van der Waals surface area contributed by atoms with E-state index in [1.54, 1.807) is 0 Å². The molecule has 0 radical (unpaired) electrons. The molecule has 2 aliphatic carbocycles. The largest absolute Gasteiger partial charge is 0.394 e. The summed E-state index contributed by atoms with van der Waals surface area (Å²) in [5.41, 5.74) is 2.58. The topological polar surface area (TPSA) is 32.3 Å². The Morgan fingerprint density at radius 2 is 1.94 bits per heavy atom. The van der Waals surface area contributed by atoms with Gasteiger partial charge in [0.1, 0.15) is 0 Å². The second-order valence-electron chi connectivity index (χ2n) is 5.88. The standard InChI is InChI=1S/C16H23NO/c18-12-16(17-14-8-2-3-9-14)11-5-7-13-6-1-4-10-15(13)16/h1,4,6,10,14,17-18H,2-3,5,7-9,11-12H2. The van der Waals surface area contributed by atoms with Crippen LogP contribution < -0.4 is 5.32 Å². The quantitative estimate of drug-likeness (QED) is 0.858. The average Bonchev–Trinajstić information content (AvgIpc) is 2.92. The molecule has 1 atom stereocenters. The van der Waals surface area contributed by atoms with Crippen LogP contribution >= 0.6 is 0 Å². The van der Waals surface area contributed by atoms with Gasteiger partial charge in [-0.1, -0.05) is 37.1 Å². The molecular weight excluding hydrogens is 222 g/mol. The molecule has 1 saturated carbocycles. The third-order valence-corrected chi connectivity index (χ3v) is 4.69. The molecule has 0 amide bonds. The van der Waals surface area contributed by atoms with Crippen LogP contribution in [-0.4, -0.2) is 17.8 Å². The Morgan fingerprint density at radius 3 is 2.72 bits per heavy atom. The van der Waals surface area contributed by atoms with E-state index in [4.69, 9.17) is 0 Å². The van der Waals surface area contributed by atoms with Crippen LogP contribution in [0.2, 0.25) is 0 Å². The van der Waals surface area contributed by atoms with E-state index in [1.165, 1.54) is 43.2 Å². The Labute approximate surface area is 109 Å². The summed E-state index contributed by atoms with van der Waals surface area (Å²) in [6, 6.07) is 9.23. The molecule has 2 aliphatic rings. The van der Waals surface area contributed by atoms with Crippen LogP contribution in [0.1, 0.15) is 49.7 Å². The summed E-state index contributed by atoms with van der Waals surface area (Å²) in [7, 11) is 0. The number of aryl methyl sites for hydroxylation is 1. The first-order valence-electron chi connectivity index (χ1n) is 7.31. The van der Waals surface area contributed by atoms with E-state index in [0.29, 0.717) is 6.04 Å². The molecule has 2 heteroatoms. The third-order valence-electron chi connectivity index (χ3n) is 4.69. The molecular formula is C16H23NO. The van der Waals surface area contributed by atoms with Crippen LogP contribution in [0.4, 0.5) is 0 Å². The van der Waals surface area contributed by atoms with E-state index < -0.39 is 0 Å². The lowest BCUT2D eigenvalue weighted by Gasteiger charge is -2.40. The van der Waals surface area contributed by atoms with Gasteiger partial charge in [-0.3, -0.25) is 0 Å². The van der Waals surface area contributed by atoms with Crippen LogP contribution in [0.25, 0.3) is 0 Å². The van der Waals surface area contributed by atoms with Crippen molar-refractivity contribution in [3.05, 3.63) is 35.4 Å². The van der Waals surface area contributed by atoms with Gasteiger partial charge in [-0.25, -0.2) is 0 Å². The van der Waals surface area contributed by atoms with E-state index in [-0.39, 0.29) is 12.1 Å². The molecule has 0 heterocycles. The first-order chi connectivity index (χ1) is 8.84. The van der Waals surface area contributed by atoms with Gasteiger partial charge in [0, 0.05) is 6.04 Å². The number of nitrogens with one attached hydrogen (secondary N) is 1. The Bertz CT molecular complexity index is 411. The number of hydrogen-bond donors (Lipinski definition) is 2. The van der Waals surface area contributed by atoms with Crippen molar-refractivity contribution >= 4 is 0 Å². The second kappa shape index (κ2) is 5.02. The minimum Gasteiger partial charge on any atom is -0.394 e. The fourth-order valence-corrected chi connectivity index (χ4v) is 3.74. The maximum Gasteiger partial charge on any atom is 0.0674 e. The van der Waals surface area contributed by atoms with Crippen molar-refractivity contribution in [2.75, 3.05) is 6.61 Å². The van der Waals surface area contributed by atoms with Crippen molar-refractivity contribution in [2.24, 2.45) is 0 Å². The highest BCUT2D eigenvalue weighted by Crippen LogP contribution is 2.36. The van der Waals surface area contributed by atoms with Crippen LogP contribution in [0.5, 0.6) is 0 Å². The Morgan fingerprint density at radius 1 is 1.17 bits per heavy atom. The number of fused-ring (bicyclic) bond motifs is 1. The zero-order valence-electron chi connectivity index (χ0n) is 11.0. The summed E-state index contributed by atoms with van der Waals surface area (Å²) in [6.07, 6.45) is 8.61. The molecule has 0 saturated heterocycles. The zero-order valence-corrected chi connectivity index (χ0v) is 11.0. The number of aliphatic hydroxyl groups excluding tert-OH is 1. The fourth-order valence-electron chi connectivity index (χ4n) is 3.74. The van der Waals surface area contributed by atoms with Gasteiger partial charge in [0.25, 0.3) is 0 Å². The summed E-state index contributed by atoms with van der Waals surface area (Å²) < 4.78 is 0. The Balaban J connectivity index is 1.91. The molecule has 0 aliphatic heterocycles. The summed E-state index contributed by atoms with van der Waals surface area (Å²) in [4.78, 5) is 0. The Kier molecular flexibility index (Phi) is 3.40. The molecule has 2 N–H and O–H groups in total. The predicted octanol–water partition coefficient (Wildman–Crippen LogP) is 2.74. The van der Waals surface area contributed by atoms with Gasteiger partial charge >= 0.3 is 0 Å². The third kappa shape index (κ3) is 2.08. The predicted molar refractivity (Wildman–Crippen MR) is 73.5 cm³/mol. The van der Waals surface area contributed by atoms with Crippen molar-refractivity contribution in [3.63, 3.8) is 0 Å². The highest BCUT2D eigenvalue weighted by molar-refractivity contribution is 5.36. The normalized spacial score (nSPS) is 28.3. The first kappa shape index (κ1) is 12.2. The van der Waals surface area contributed by atoms with Gasteiger partial charge in [0.15, 0.2) is 0 Å². The van der Waals surface area contributed by atoms with E-state index in [2.05, 4.69) is 29.6 Å². The van der Waals surface area contributed by atoms with Crippen LogP contribution in [0, 0.1) is 0 Å². The van der Waals surface area contributed by atoms with Crippen molar-refractivity contribution in [1.82, 2.24) is 5.32 Å². The van der Waals surface area contributed by atoms with Gasteiger partial charge in [-0.2, -0.15) is 0 Å². The fraction of sp³-hybridized carbons (Fsp3) is 0.625. The molecule has 0 aromatic heterocycles. The lowest BCUT2D eigenvalue weighted by molar-refractivity contribution is 0.128. The average molecular weight is 245 g/mol. The number of rotatable bonds is 3. The van der Waals surface area contributed by atoms with Crippen LogP contribution in [-0.2, 0) is 12.0 Å². The molecule has 0 bridgehead atoms.